The number of rotatable bonds is 3. The molecule has 0 aromatic carbocycles. The van der Waals surface area contributed by atoms with Gasteiger partial charge in [-0.1, -0.05) is 23.2 Å². The molecular weight excluding hydrogens is 283 g/mol. The Morgan fingerprint density at radius 2 is 1.13 bits per heavy atom. The summed E-state index contributed by atoms with van der Waals surface area (Å²) in [6.45, 7) is -3.02. The Kier molecular flexibility index (Phi) is 3.80. The Hall–Kier alpha value is 0.0200. The molecule has 0 aliphatic heterocycles. The molecule has 0 saturated carbocycles. The molecule has 0 aromatic heterocycles. The van der Waals surface area contributed by atoms with Gasteiger partial charge in [-0.3, -0.25) is 0 Å². The second kappa shape index (κ2) is 3.80. The normalized spacial score (nSPS) is 15.6. The average molecular weight is 285 g/mol. The van der Waals surface area contributed by atoms with E-state index < -0.39 is 29.0 Å². The van der Waals surface area contributed by atoms with Crippen LogP contribution < -0.4 is 0 Å². The zero-order valence-corrected chi connectivity index (χ0v) is 8.00. The van der Waals surface area contributed by atoms with Gasteiger partial charge in [0.25, 0.3) is 4.33 Å². The molecule has 0 atom stereocenters. The summed E-state index contributed by atoms with van der Waals surface area (Å²) >= 11 is 8.22. The first-order valence-corrected chi connectivity index (χ1v) is 3.83. The van der Waals surface area contributed by atoms with Crippen molar-refractivity contribution in [2.75, 3.05) is 6.67 Å². The lowest BCUT2D eigenvalue weighted by atomic mass is 10.1. The van der Waals surface area contributed by atoms with Gasteiger partial charge >= 0.3 is 18.0 Å². The fourth-order valence-electron chi connectivity index (χ4n) is 0.492. The van der Waals surface area contributed by atoms with Gasteiger partial charge in [0.05, 0.1) is 0 Å². The van der Waals surface area contributed by atoms with E-state index in [0.717, 1.165) is 0 Å². The molecule has 10 heteroatoms. The molecule has 0 spiro atoms. The number of halogens is 10. The van der Waals surface area contributed by atoms with Gasteiger partial charge in [0.15, 0.2) is 6.67 Å². The van der Waals surface area contributed by atoms with Gasteiger partial charge in [0.2, 0.25) is 0 Å². The van der Waals surface area contributed by atoms with E-state index >= 15 is 0 Å². The van der Waals surface area contributed by atoms with Crippen molar-refractivity contribution in [2.45, 2.75) is 22.4 Å². The standard InChI is InChI=1S/C5H2Cl2F8/c6-3(7,5(13,14)15)4(11,12)2(9,10)1-8/h1H2. The first-order chi connectivity index (χ1) is 6.31. The van der Waals surface area contributed by atoms with Gasteiger partial charge in [-0.2, -0.15) is 30.7 Å². The van der Waals surface area contributed by atoms with E-state index in [1.807, 2.05) is 0 Å². The predicted molar refractivity (Wildman–Crippen MR) is 36.4 cm³/mol. The van der Waals surface area contributed by atoms with E-state index in [0.29, 0.717) is 0 Å². The van der Waals surface area contributed by atoms with Crippen LogP contribution in [-0.4, -0.2) is 29.0 Å². The van der Waals surface area contributed by atoms with Crippen molar-refractivity contribution in [3.63, 3.8) is 0 Å². The molecular formula is C5H2Cl2F8. The second-order valence-electron chi connectivity index (χ2n) is 2.48. The van der Waals surface area contributed by atoms with Crippen LogP contribution in [0.3, 0.4) is 0 Å². The number of hydrogen-bond acceptors (Lipinski definition) is 0. The van der Waals surface area contributed by atoms with E-state index in [1.165, 1.54) is 0 Å². The smallest absolute Gasteiger partial charge is 0.244 e. The molecule has 0 rings (SSSR count). The predicted octanol–water partition coefficient (Wildman–Crippen LogP) is 3.96. The summed E-state index contributed by atoms with van der Waals surface area (Å²) in [5.41, 5.74) is 0. The fourth-order valence-corrected chi connectivity index (χ4v) is 0.768. The van der Waals surface area contributed by atoms with Gasteiger partial charge in [-0.25, -0.2) is 4.39 Å². The Morgan fingerprint density at radius 1 is 0.800 bits per heavy atom. The van der Waals surface area contributed by atoms with E-state index in [1.54, 1.807) is 0 Å². The minimum atomic E-state index is -6.03. The van der Waals surface area contributed by atoms with E-state index in [9.17, 15) is 35.1 Å². The first-order valence-electron chi connectivity index (χ1n) is 3.07. The zero-order chi connectivity index (χ0) is 12.7. The van der Waals surface area contributed by atoms with Gasteiger partial charge < -0.3 is 0 Å². The highest BCUT2D eigenvalue weighted by Crippen LogP contribution is 2.55. The van der Waals surface area contributed by atoms with Crippen molar-refractivity contribution in [3.8, 4) is 0 Å². The van der Waals surface area contributed by atoms with Crippen molar-refractivity contribution >= 4 is 23.2 Å². The van der Waals surface area contributed by atoms with Crippen LogP contribution in [0, 0.1) is 0 Å². The van der Waals surface area contributed by atoms with Crippen LogP contribution in [-0.2, 0) is 0 Å². The third kappa shape index (κ3) is 2.25. The van der Waals surface area contributed by atoms with Crippen molar-refractivity contribution < 1.29 is 35.1 Å². The first kappa shape index (κ1) is 15.0. The summed E-state index contributed by atoms with van der Waals surface area (Å²) in [5.74, 6) is -11.6. The summed E-state index contributed by atoms with van der Waals surface area (Å²) in [4.78, 5) is 0. The third-order valence-electron chi connectivity index (χ3n) is 1.38. The number of alkyl halides is 10. The van der Waals surface area contributed by atoms with Crippen LogP contribution in [0.25, 0.3) is 0 Å². The highest BCUT2D eigenvalue weighted by atomic mass is 35.5. The lowest BCUT2D eigenvalue weighted by molar-refractivity contribution is -0.274. The van der Waals surface area contributed by atoms with Crippen LogP contribution in [0.5, 0.6) is 0 Å². The SMILES string of the molecule is FCC(F)(F)C(F)(F)C(Cl)(Cl)C(F)(F)F. The average Bonchev–Trinajstić information content (AvgIpc) is 2.01. The Labute approximate surface area is 88.1 Å². The minimum absolute atomic E-state index is 3.02. The van der Waals surface area contributed by atoms with E-state index in [-0.39, 0.29) is 0 Å². The van der Waals surface area contributed by atoms with E-state index in [4.69, 9.17) is 0 Å². The maximum absolute atomic E-state index is 12.5. The molecule has 0 aliphatic rings. The maximum Gasteiger partial charge on any atom is 0.427 e. The molecule has 0 amide bonds. The molecule has 0 radical (unpaired) electrons. The van der Waals surface area contributed by atoms with E-state index in [2.05, 4.69) is 23.2 Å². The fraction of sp³-hybridized carbons (Fsp3) is 1.00. The topological polar surface area (TPSA) is 0 Å². The number of hydrogen-bond donors (Lipinski definition) is 0. The van der Waals surface area contributed by atoms with Crippen molar-refractivity contribution in [2.24, 2.45) is 0 Å². The third-order valence-corrected chi connectivity index (χ3v) is 2.28. The minimum Gasteiger partial charge on any atom is -0.244 e. The van der Waals surface area contributed by atoms with Gasteiger partial charge in [0.1, 0.15) is 0 Å². The molecule has 0 N–H and O–H groups in total. The summed E-state index contributed by atoms with van der Waals surface area (Å²) in [6.07, 6.45) is -6.03. The molecule has 0 aromatic rings. The summed E-state index contributed by atoms with van der Waals surface area (Å²) in [6, 6.07) is 0. The quantitative estimate of drug-likeness (QED) is 0.544. The molecule has 0 unspecified atom stereocenters. The van der Waals surface area contributed by atoms with Gasteiger partial charge in [-0.05, 0) is 0 Å². The second-order valence-corrected chi connectivity index (χ2v) is 3.81. The van der Waals surface area contributed by atoms with Crippen LogP contribution in [0.2, 0.25) is 0 Å². The van der Waals surface area contributed by atoms with Gasteiger partial charge in [0, 0.05) is 0 Å². The molecule has 0 bridgehead atoms. The van der Waals surface area contributed by atoms with Gasteiger partial charge in [-0.15, -0.1) is 0 Å². The molecule has 0 fully saturated rings. The highest BCUT2D eigenvalue weighted by Gasteiger charge is 2.77. The Bertz CT molecular complexity index is 232. The summed E-state index contributed by atoms with van der Waals surface area (Å²) in [7, 11) is 0. The van der Waals surface area contributed by atoms with Crippen molar-refractivity contribution in [1.82, 2.24) is 0 Å². The monoisotopic (exact) mass is 284 g/mol. The zero-order valence-electron chi connectivity index (χ0n) is 6.49. The molecule has 0 nitrogen and oxygen atoms in total. The molecule has 92 valence electrons. The highest BCUT2D eigenvalue weighted by molar-refractivity contribution is 6.50. The maximum atomic E-state index is 12.5. The van der Waals surface area contributed by atoms with Crippen LogP contribution >= 0.6 is 23.2 Å². The molecule has 0 saturated heterocycles. The van der Waals surface area contributed by atoms with Crippen molar-refractivity contribution in [1.29, 1.82) is 0 Å². The lowest BCUT2D eigenvalue weighted by Gasteiger charge is -2.34. The summed E-state index contributed by atoms with van der Waals surface area (Å²) < 4.78 is 91.1. The Morgan fingerprint density at radius 3 is 1.33 bits per heavy atom. The van der Waals surface area contributed by atoms with Crippen LogP contribution in [0.15, 0.2) is 0 Å². The lowest BCUT2D eigenvalue weighted by Crippen LogP contribution is -2.60. The van der Waals surface area contributed by atoms with Crippen LogP contribution in [0.1, 0.15) is 0 Å². The van der Waals surface area contributed by atoms with Crippen LogP contribution in [0.4, 0.5) is 35.1 Å². The molecule has 0 aliphatic carbocycles. The van der Waals surface area contributed by atoms with Crippen molar-refractivity contribution in [3.05, 3.63) is 0 Å². The Balaban J connectivity index is 5.38. The molecule has 15 heavy (non-hydrogen) atoms. The molecule has 0 heterocycles. The largest absolute Gasteiger partial charge is 0.427 e. The summed E-state index contributed by atoms with van der Waals surface area (Å²) in [5, 5.41) is 0.